The van der Waals surface area contributed by atoms with E-state index in [0.29, 0.717) is 30.3 Å². The smallest absolute Gasteiger partial charge is 0.319 e. The largest absolute Gasteiger partial charge is 0.480 e. The zero-order valence-electron chi connectivity index (χ0n) is 13.7. The highest BCUT2D eigenvalue weighted by molar-refractivity contribution is 5.73. The van der Waals surface area contributed by atoms with Crippen LogP contribution < -0.4 is 11.1 Å². The van der Waals surface area contributed by atoms with Crippen LogP contribution in [-0.2, 0) is 27.3 Å². The minimum atomic E-state index is -1.04. The van der Waals surface area contributed by atoms with E-state index in [0.717, 1.165) is 5.56 Å². The maximum atomic E-state index is 11.4. The molecular weight excluding hydrogens is 330 g/mol. The van der Waals surface area contributed by atoms with E-state index in [4.69, 9.17) is 15.6 Å². The lowest BCUT2D eigenvalue weighted by atomic mass is 10.3. The summed E-state index contributed by atoms with van der Waals surface area (Å²) in [5.41, 5.74) is 7.22. The molecule has 2 aromatic rings. The highest BCUT2D eigenvalue weighted by Gasteiger charge is 2.08. The summed E-state index contributed by atoms with van der Waals surface area (Å²) in [5, 5.41) is 18.9. The topological polar surface area (TPSA) is 158 Å². The number of hydrogen-bond acceptors (Lipinski definition) is 9. The number of carbonyl (C=O) groups excluding carboxylic acids is 1. The molecule has 0 spiro atoms. The summed E-state index contributed by atoms with van der Waals surface area (Å²) in [6.07, 6.45) is 3.76. The Labute approximate surface area is 143 Å². The fourth-order valence-electron chi connectivity index (χ4n) is 1.93. The minimum absolute atomic E-state index is 0.127. The molecule has 2 aromatic heterocycles. The molecule has 0 unspecified atom stereocenters. The first-order chi connectivity index (χ1) is 11.9. The summed E-state index contributed by atoms with van der Waals surface area (Å²) in [5.74, 6) is -0.574. The lowest BCUT2D eigenvalue weighted by Crippen LogP contribution is -2.29. The highest BCUT2D eigenvalue weighted by atomic mass is 16.5. The molecule has 0 atom stereocenters. The molecule has 11 nitrogen and oxygen atoms in total. The SMILES string of the molecule is Cc1ncc(Cn2cc(CCOC(=O)CNCC(=O)O)nn2)c(N)n1. The first-order valence-corrected chi connectivity index (χ1v) is 7.49. The number of rotatable bonds is 9. The fourth-order valence-corrected chi connectivity index (χ4v) is 1.93. The molecule has 0 aromatic carbocycles. The molecule has 0 amide bonds. The van der Waals surface area contributed by atoms with Gasteiger partial charge in [-0.2, -0.15) is 0 Å². The van der Waals surface area contributed by atoms with Crippen molar-refractivity contribution in [3.05, 3.63) is 29.5 Å². The zero-order chi connectivity index (χ0) is 18.2. The van der Waals surface area contributed by atoms with Crippen molar-refractivity contribution in [1.82, 2.24) is 30.3 Å². The molecule has 0 aliphatic carbocycles. The van der Waals surface area contributed by atoms with Crippen LogP contribution in [0.25, 0.3) is 0 Å². The zero-order valence-corrected chi connectivity index (χ0v) is 13.7. The van der Waals surface area contributed by atoms with Crippen LogP contribution in [0.2, 0.25) is 0 Å². The van der Waals surface area contributed by atoms with Crippen LogP contribution in [0.15, 0.2) is 12.4 Å². The number of nitrogens with zero attached hydrogens (tertiary/aromatic N) is 5. The Morgan fingerprint density at radius 1 is 1.40 bits per heavy atom. The van der Waals surface area contributed by atoms with Gasteiger partial charge in [0.1, 0.15) is 11.6 Å². The quantitative estimate of drug-likeness (QED) is 0.468. The maximum Gasteiger partial charge on any atom is 0.319 e. The number of nitrogens with one attached hydrogen (secondary N) is 1. The second-order valence-electron chi connectivity index (χ2n) is 5.20. The molecule has 134 valence electrons. The van der Waals surface area contributed by atoms with Crippen LogP contribution in [0.4, 0.5) is 5.82 Å². The number of carboxylic acids is 1. The summed E-state index contributed by atoms with van der Waals surface area (Å²) in [4.78, 5) is 29.9. The molecule has 0 saturated carbocycles. The van der Waals surface area contributed by atoms with E-state index in [9.17, 15) is 9.59 Å². The number of carboxylic acid groups (broad SMARTS) is 1. The monoisotopic (exact) mass is 349 g/mol. The Balaban J connectivity index is 1.76. The van der Waals surface area contributed by atoms with Crippen molar-refractivity contribution in [2.24, 2.45) is 0 Å². The van der Waals surface area contributed by atoms with Crippen LogP contribution in [0.1, 0.15) is 17.1 Å². The number of nitrogen functional groups attached to an aromatic ring is 1. The molecule has 11 heteroatoms. The average molecular weight is 349 g/mol. The van der Waals surface area contributed by atoms with Crippen LogP contribution in [0, 0.1) is 6.92 Å². The third kappa shape index (κ3) is 6.14. The van der Waals surface area contributed by atoms with Gasteiger partial charge in [-0.25, -0.2) is 14.6 Å². The molecule has 0 aliphatic rings. The summed E-state index contributed by atoms with van der Waals surface area (Å²) in [7, 11) is 0. The van der Waals surface area contributed by atoms with E-state index in [2.05, 4.69) is 25.6 Å². The van der Waals surface area contributed by atoms with Crippen molar-refractivity contribution in [1.29, 1.82) is 0 Å². The molecule has 25 heavy (non-hydrogen) atoms. The second kappa shape index (κ2) is 8.68. The molecule has 0 aliphatic heterocycles. The van der Waals surface area contributed by atoms with E-state index < -0.39 is 11.9 Å². The number of aliphatic carboxylic acids is 1. The Hall–Kier alpha value is -3.08. The van der Waals surface area contributed by atoms with Crippen LogP contribution in [0.5, 0.6) is 0 Å². The minimum Gasteiger partial charge on any atom is -0.480 e. The first kappa shape index (κ1) is 18.3. The summed E-state index contributed by atoms with van der Waals surface area (Å²) < 4.78 is 6.57. The molecule has 0 saturated heterocycles. The molecule has 2 rings (SSSR count). The van der Waals surface area contributed by atoms with E-state index in [1.165, 1.54) is 0 Å². The molecular formula is C14H19N7O4. The molecule has 2 heterocycles. The Morgan fingerprint density at radius 2 is 2.20 bits per heavy atom. The third-order valence-electron chi connectivity index (χ3n) is 3.10. The van der Waals surface area contributed by atoms with Crippen LogP contribution in [0.3, 0.4) is 0 Å². The molecule has 0 radical (unpaired) electrons. The number of nitrogens with two attached hydrogens (primary N) is 1. The van der Waals surface area contributed by atoms with Gasteiger partial charge in [-0.15, -0.1) is 5.10 Å². The van der Waals surface area contributed by atoms with Crippen molar-refractivity contribution in [3.63, 3.8) is 0 Å². The van der Waals surface area contributed by atoms with Crippen molar-refractivity contribution in [3.8, 4) is 0 Å². The Bertz CT molecular complexity index is 747. The molecule has 4 N–H and O–H groups in total. The Kier molecular flexibility index (Phi) is 6.34. The van der Waals surface area contributed by atoms with Gasteiger partial charge in [0.05, 0.1) is 31.9 Å². The summed E-state index contributed by atoms with van der Waals surface area (Å²) in [6.45, 7) is 1.81. The predicted octanol–water partition coefficient (Wildman–Crippen LogP) is -1.23. The number of aromatic nitrogens is 5. The predicted molar refractivity (Wildman–Crippen MR) is 85.5 cm³/mol. The van der Waals surface area contributed by atoms with Gasteiger partial charge < -0.3 is 15.6 Å². The number of ether oxygens (including phenoxy) is 1. The number of hydrogen-bond donors (Lipinski definition) is 3. The number of anilines is 1. The number of esters is 1. The van der Waals surface area contributed by atoms with Gasteiger partial charge in [0.15, 0.2) is 0 Å². The van der Waals surface area contributed by atoms with Gasteiger partial charge in [-0.05, 0) is 6.92 Å². The van der Waals surface area contributed by atoms with Crippen LogP contribution in [-0.4, -0.2) is 61.7 Å². The van der Waals surface area contributed by atoms with Gasteiger partial charge >= 0.3 is 11.9 Å². The lowest BCUT2D eigenvalue weighted by Gasteiger charge is -2.04. The Morgan fingerprint density at radius 3 is 2.92 bits per heavy atom. The summed E-state index contributed by atoms with van der Waals surface area (Å²) in [6, 6.07) is 0. The first-order valence-electron chi connectivity index (χ1n) is 7.49. The van der Waals surface area contributed by atoms with Gasteiger partial charge in [0.25, 0.3) is 0 Å². The van der Waals surface area contributed by atoms with Gasteiger partial charge in [-0.1, -0.05) is 5.21 Å². The van der Waals surface area contributed by atoms with Crippen molar-refractivity contribution in [2.75, 3.05) is 25.4 Å². The van der Waals surface area contributed by atoms with Crippen molar-refractivity contribution in [2.45, 2.75) is 19.9 Å². The van der Waals surface area contributed by atoms with E-state index in [-0.39, 0.29) is 19.7 Å². The van der Waals surface area contributed by atoms with Crippen molar-refractivity contribution >= 4 is 17.8 Å². The second-order valence-corrected chi connectivity index (χ2v) is 5.20. The lowest BCUT2D eigenvalue weighted by molar-refractivity contribution is -0.142. The van der Waals surface area contributed by atoms with Crippen LogP contribution >= 0.6 is 0 Å². The standard InChI is InChI=1S/C14H19N7O4/c1-9-17-4-10(14(15)18-9)7-21-8-11(19-20-21)2-3-25-13(24)6-16-5-12(22)23/h4,8,16H,2-3,5-7H2,1H3,(H,22,23)(H2,15,17,18). The van der Waals surface area contributed by atoms with Gasteiger partial charge in [0.2, 0.25) is 0 Å². The average Bonchev–Trinajstić information content (AvgIpc) is 2.97. The third-order valence-corrected chi connectivity index (χ3v) is 3.10. The summed E-state index contributed by atoms with van der Waals surface area (Å²) >= 11 is 0. The number of carbonyl (C=O) groups is 2. The van der Waals surface area contributed by atoms with Gasteiger partial charge in [0, 0.05) is 24.4 Å². The van der Waals surface area contributed by atoms with Crippen molar-refractivity contribution < 1.29 is 19.4 Å². The highest BCUT2D eigenvalue weighted by Crippen LogP contribution is 2.09. The fraction of sp³-hybridized carbons (Fsp3) is 0.429. The van der Waals surface area contributed by atoms with E-state index in [1.54, 1.807) is 24.0 Å². The van der Waals surface area contributed by atoms with Gasteiger partial charge in [-0.3, -0.25) is 14.9 Å². The van der Waals surface area contributed by atoms with E-state index in [1.807, 2.05) is 0 Å². The normalized spacial score (nSPS) is 10.6. The van der Waals surface area contributed by atoms with E-state index >= 15 is 0 Å². The maximum absolute atomic E-state index is 11.4. The molecule has 0 fully saturated rings. The number of aryl methyl sites for hydroxylation is 1. The molecule has 0 bridgehead atoms.